The molecule has 0 radical (unpaired) electrons. The molecule has 114 valence electrons. The summed E-state index contributed by atoms with van der Waals surface area (Å²) in [6.07, 6.45) is 0.960. The Kier molecular flexibility index (Phi) is 4.30. The first-order valence-corrected chi connectivity index (χ1v) is 8.47. The van der Waals surface area contributed by atoms with Crippen LogP contribution in [0.2, 0.25) is 0 Å². The Labute approximate surface area is 135 Å². The van der Waals surface area contributed by atoms with E-state index in [1.807, 2.05) is 31.4 Å². The SMILES string of the molecule is CCc1nnc(NC(=O)Cc2nc(-c3cccs3)oc2C)s1. The normalized spacial score (nSPS) is 10.8. The Morgan fingerprint density at radius 3 is 2.95 bits per heavy atom. The third kappa shape index (κ3) is 3.23. The number of carbonyl (C=O) groups excluding carboxylic acids is 1. The van der Waals surface area contributed by atoms with E-state index in [4.69, 9.17) is 4.42 Å². The van der Waals surface area contributed by atoms with Crippen molar-refractivity contribution in [1.29, 1.82) is 0 Å². The van der Waals surface area contributed by atoms with Crippen molar-refractivity contribution in [2.75, 3.05) is 5.32 Å². The lowest BCUT2D eigenvalue weighted by Crippen LogP contribution is -2.15. The van der Waals surface area contributed by atoms with Crippen molar-refractivity contribution in [2.24, 2.45) is 0 Å². The maximum Gasteiger partial charge on any atom is 0.236 e. The van der Waals surface area contributed by atoms with E-state index >= 15 is 0 Å². The molecule has 0 aliphatic rings. The molecule has 1 amide bonds. The van der Waals surface area contributed by atoms with Crippen LogP contribution >= 0.6 is 22.7 Å². The number of aromatic nitrogens is 3. The third-order valence-corrected chi connectivity index (χ3v) is 4.81. The van der Waals surface area contributed by atoms with E-state index in [-0.39, 0.29) is 12.3 Å². The highest BCUT2D eigenvalue weighted by atomic mass is 32.1. The zero-order valence-electron chi connectivity index (χ0n) is 12.1. The van der Waals surface area contributed by atoms with Gasteiger partial charge in [0.05, 0.1) is 17.0 Å². The first kappa shape index (κ1) is 14.9. The van der Waals surface area contributed by atoms with E-state index in [9.17, 15) is 4.79 Å². The highest BCUT2D eigenvalue weighted by Crippen LogP contribution is 2.26. The molecule has 22 heavy (non-hydrogen) atoms. The van der Waals surface area contributed by atoms with Gasteiger partial charge in [-0.25, -0.2) is 4.98 Å². The van der Waals surface area contributed by atoms with Crippen LogP contribution in [0, 0.1) is 6.92 Å². The van der Waals surface area contributed by atoms with Crippen LogP contribution in [0.3, 0.4) is 0 Å². The number of hydrogen-bond acceptors (Lipinski definition) is 7. The van der Waals surface area contributed by atoms with Gasteiger partial charge in [-0.1, -0.05) is 24.3 Å². The van der Waals surface area contributed by atoms with E-state index in [1.54, 1.807) is 11.3 Å². The molecule has 0 atom stereocenters. The number of hydrogen-bond donors (Lipinski definition) is 1. The maximum atomic E-state index is 12.1. The fraction of sp³-hybridized carbons (Fsp3) is 0.286. The Bertz CT molecular complexity index is 777. The number of thiophene rings is 1. The van der Waals surface area contributed by atoms with Gasteiger partial charge in [-0.2, -0.15) is 0 Å². The first-order chi connectivity index (χ1) is 10.7. The van der Waals surface area contributed by atoms with Crippen LogP contribution in [0.25, 0.3) is 10.8 Å². The molecule has 0 unspecified atom stereocenters. The van der Waals surface area contributed by atoms with Gasteiger partial charge in [-0.15, -0.1) is 21.5 Å². The van der Waals surface area contributed by atoms with Gasteiger partial charge in [0.25, 0.3) is 0 Å². The number of amides is 1. The molecular weight excluding hydrogens is 320 g/mol. The smallest absolute Gasteiger partial charge is 0.236 e. The van der Waals surface area contributed by atoms with Crippen LogP contribution in [0.5, 0.6) is 0 Å². The molecule has 0 aromatic carbocycles. The summed E-state index contributed by atoms with van der Waals surface area (Å²) in [6, 6.07) is 3.87. The molecule has 8 heteroatoms. The fourth-order valence-electron chi connectivity index (χ4n) is 1.86. The Morgan fingerprint density at radius 1 is 1.41 bits per heavy atom. The van der Waals surface area contributed by atoms with Crippen molar-refractivity contribution < 1.29 is 9.21 Å². The number of oxazole rings is 1. The molecule has 3 aromatic rings. The maximum absolute atomic E-state index is 12.1. The minimum absolute atomic E-state index is 0.155. The summed E-state index contributed by atoms with van der Waals surface area (Å²) in [5, 5.41) is 14.0. The standard InChI is InChI=1S/C14H14N4O2S2/c1-3-12-17-18-14(22-12)16-11(19)7-9-8(2)20-13(15-9)10-5-4-6-21-10/h4-6H,3,7H2,1-2H3,(H,16,18,19). The Hall–Kier alpha value is -2.06. The topological polar surface area (TPSA) is 80.9 Å². The summed E-state index contributed by atoms with van der Waals surface area (Å²) >= 11 is 2.93. The molecule has 0 aliphatic heterocycles. The van der Waals surface area contributed by atoms with Gasteiger partial charge < -0.3 is 9.73 Å². The molecule has 0 aliphatic carbocycles. The van der Waals surface area contributed by atoms with E-state index in [2.05, 4.69) is 20.5 Å². The molecule has 0 spiro atoms. The predicted octanol–water partition coefficient (Wildman–Crippen LogP) is 3.31. The van der Waals surface area contributed by atoms with Crippen molar-refractivity contribution in [3.05, 3.63) is 34.0 Å². The summed E-state index contributed by atoms with van der Waals surface area (Å²) < 4.78 is 5.63. The van der Waals surface area contributed by atoms with Gasteiger partial charge >= 0.3 is 0 Å². The van der Waals surface area contributed by atoms with Crippen LogP contribution in [0.1, 0.15) is 23.4 Å². The molecule has 3 aromatic heterocycles. The summed E-state index contributed by atoms with van der Waals surface area (Å²) in [4.78, 5) is 17.4. The van der Waals surface area contributed by atoms with Gasteiger partial charge in [0, 0.05) is 0 Å². The van der Waals surface area contributed by atoms with Gasteiger partial charge in [0.15, 0.2) is 0 Å². The van der Waals surface area contributed by atoms with Crippen LogP contribution < -0.4 is 5.32 Å². The highest BCUT2D eigenvalue weighted by Gasteiger charge is 2.16. The second-order valence-electron chi connectivity index (χ2n) is 4.58. The fourth-order valence-corrected chi connectivity index (χ4v) is 3.20. The molecule has 3 heterocycles. The minimum atomic E-state index is -0.173. The molecule has 0 bridgehead atoms. The molecule has 6 nitrogen and oxygen atoms in total. The van der Waals surface area contributed by atoms with Crippen LogP contribution in [-0.4, -0.2) is 21.1 Å². The second-order valence-corrected chi connectivity index (χ2v) is 6.59. The van der Waals surface area contributed by atoms with Gasteiger partial charge in [-0.3, -0.25) is 4.79 Å². The van der Waals surface area contributed by atoms with E-state index in [0.29, 0.717) is 22.5 Å². The van der Waals surface area contributed by atoms with Crippen LogP contribution in [0.15, 0.2) is 21.9 Å². The quantitative estimate of drug-likeness (QED) is 0.774. The minimum Gasteiger partial charge on any atom is -0.440 e. The van der Waals surface area contributed by atoms with E-state index < -0.39 is 0 Å². The molecule has 0 saturated heterocycles. The first-order valence-electron chi connectivity index (χ1n) is 6.78. The lowest BCUT2D eigenvalue weighted by atomic mass is 10.2. The Balaban J connectivity index is 1.69. The number of anilines is 1. The number of carbonyl (C=O) groups is 1. The highest BCUT2D eigenvalue weighted by molar-refractivity contribution is 7.15. The lowest BCUT2D eigenvalue weighted by molar-refractivity contribution is -0.115. The zero-order chi connectivity index (χ0) is 15.5. The summed E-state index contributed by atoms with van der Waals surface area (Å²) in [5.74, 6) is 1.04. The van der Waals surface area contributed by atoms with Gasteiger partial charge in [-0.05, 0) is 24.8 Å². The molecule has 1 N–H and O–H groups in total. The number of aryl methyl sites for hydroxylation is 2. The molecule has 0 saturated carbocycles. The number of nitrogens with one attached hydrogen (secondary N) is 1. The third-order valence-electron chi connectivity index (χ3n) is 2.97. The number of nitrogens with zero attached hydrogens (tertiary/aromatic N) is 3. The summed E-state index contributed by atoms with van der Waals surface area (Å²) in [5.41, 5.74) is 0.640. The van der Waals surface area contributed by atoms with Gasteiger partial charge in [0.2, 0.25) is 16.9 Å². The molecular formula is C14H14N4O2S2. The Morgan fingerprint density at radius 2 is 2.27 bits per heavy atom. The second kappa shape index (κ2) is 6.37. The van der Waals surface area contributed by atoms with E-state index in [1.165, 1.54) is 11.3 Å². The van der Waals surface area contributed by atoms with Crippen molar-refractivity contribution in [3.63, 3.8) is 0 Å². The van der Waals surface area contributed by atoms with Crippen LogP contribution in [0.4, 0.5) is 5.13 Å². The predicted molar refractivity (Wildman–Crippen MR) is 86.2 cm³/mol. The monoisotopic (exact) mass is 334 g/mol. The number of rotatable bonds is 5. The average molecular weight is 334 g/mol. The van der Waals surface area contributed by atoms with E-state index in [0.717, 1.165) is 16.3 Å². The van der Waals surface area contributed by atoms with Gasteiger partial charge in [0.1, 0.15) is 10.8 Å². The summed E-state index contributed by atoms with van der Waals surface area (Å²) in [6.45, 7) is 3.81. The van der Waals surface area contributed by atoms with Crippen LogP contribution in [-0.2, 0) is 17.6 Å². The summed E-state index contributed by atoms with van der Waals surface area (Å²) in [7, 11) is 0. The molecule has 3 rings (SSSR count). The van der Waals surface area contributed by atoms with Crippen molar-refractivity contribution in [2.45, 2.75) is 26.7 Å². The lowest BCUT2D eigenvalue weighted by Gasteiger charge is -1.98. The zero-order valence-corrected chi connectivity index (χ0v) is 13.8. The largest absolute Gasteiger partial charge is 0.440 e. The average Bonchev–Trinajstić information content (AvgIpc) is 3.21. The van der Waals surface area contributed by atoms with Crippen molar-refractivity contribution in [1.82, 2.24) is 15.2 Å². The molecule has 0 fully saturated rings. The van der Waals surface area contributed by atoms with Crippen molar-refractivity contribution in [3.8, 4) is 10.8 Å². The van der Waals surface area contributed by atoms with Crippen molar-refractivity contribution >= 4 is 33.7 Å².